The van der Waals surface area contributed by atoms with Gasteiger partial charge in [0.2, 0.25) is 0 Å². The van der Waals surface area contributed by atoms with Crippen LogP contribution in [0.3, 0.4) is 0 Å². The molecule has 3 aromatic carbocycles. The molecule has 0 atom stereocenters. The van der Waals surface area contributed by atoms with Crippen molar-refractivity contribution >= 4 is 28.3 Å². The number of carboxylic acids is 1. The number of unbranched alkanes of at least 4 members (excludes halogenated alkanes) is 1. The van der Waals surface area contributed by atoms with Gasteiger partial charge in [-0.3, -0.25) is 9.59 Å². The van der Waals surface area contributed by atoms with Crippen molar-refractivity contribution in [1.29, 1.82) is 0 Å². The van der Waals surface area contributed by atoms with E-state index in [9.17, 15) is 22.8 Å². The minimum Gasteiger partial charge on any atom is -0.481 e. The predicted octanol–water partition coefficient (Wildman–Crippen LogP) is 5.71. The fourth-order valence-electron chi connectivity index (χ4n) is 4.36. The third-order valence-corrected chi connectivity index (χ3v) is 5.84. The Morgan fingerprint density at radius 1 is 1.18 bits per heavy atom. The molecule has 0 bridgehead atoms. The maximum atomic E-state index is 14.5. The molecule has 1 aliphatic rings. The van der Waals surface area contributed by atoms with E-state index in [-0.39, 0.29) is 29.1 Å². The van der Waals surface area contributed by atoms with Crippen molar-refractivity contribution in [3.8, 4) is 5.75 Å². The van der Waals surface area contributed by atoms with Gasteiger partial charge in [0.25, 0.3) is 5.91 Å². The van der Waals surface area contributed by atoms with Gasteiger partial charge in [0.1, 0.15) is 11.6 Å². The lowest BCUT2D eigenvalue weighted by Crippen LogP contribution is -2.23. The number of carbonyl (C=O) groups is 2. The van der Waals surface area contributed by atoms with Gasteiger partial charge in [-0.05, 0) is 47.1 Å². The number of nitrogens with zero attached hydrogens (tertiary/aromatic N) is 1. The highest BCUT2D eigenvalue weighted by Gasteiger charge is 2.36. The SMILES string of the molecule is CCCCc1c2c(c(OC(F)F)c3ccccc13)C(=O)N(c1ccc(CC(=O)O)c(F)c1)C2. The van der Waals surface area contributed by atoms with Crippen molar-refractivity contribution < 1.29 is 32.6 Å². The van der Waals surface area contributed by atoms with Gasteiger partial charge < -0.3 is 14.7 Å². The maximum Gasteiger partial charge on any atom is 0.387 e. The Morgan fingerprint density at radius 3 is 2.55 bits per heavy atom. The normalized spacial score (nSPS) is 13.1. The van der Waals surface area contributed by atoms with Crippen LogP contribution in [0.15, 0.2) is 42.5 Å². The van der Waals surface area contributed by atoms with Gasteiger partial charge >= 0.3 is 12.6 Å². The van der Waals surface area contributed by atoms with Gasteiger partial charge in [-0.15, -0.1) is 0 Å². The van der Waals surface area contributed by atoms with Crippen LogP contribution in [0, 0.1) is 5.82 Å². The summed E-state index contributed by atoms with van der Waals surface area (Å²) in [6.07, 6.45) is 1.92. The molecule has 1 amide bonds. The van der Waals surface area contributed by atoms with Crippen molar-refractivity contribution in [3.63, 3.8) is 0 Å². The molecule has 33 heavy (non-hydrogen) atoms. The van der Waals surface area contributed by atoms with Crippen LogP contribution >= 0.6 is 0 Å². The second-order valence-corrected chi connectivity index (χ2v) is 7.93. The number of anilines is 1. The van der Waals surface area contributed by atoms with E-state index in [1.54, 1.807) is 18.2 Å². The summed E-state index contributed by atoms with van der Waals surface area (Å²) in [4.78, 5) is 25.7. The molecular weight excluding hydrogens is 435 g/mol. The molecule has 5 nitrogen and oxygen atoms in total. The number of benzene rings is 3. The average Bonchev–Trinajstić information content (AvgIpc) is 3.11. The number of aryl methyl sites for hydroxylation is 1. The minimum absolute atomic E-state index is 0.00786. The second-order valence-electron chi connectivity index (χ2n) is 7.93. The molecule has 0 fully saturated rings. The number of hydrogen-bond donors (Lipinski definition) is 1. The van der Waals surface area contributed by atoms with Crippen molar-refractivity contribution in [2.45, 2.75) is 45.8 Å². The van der Waals surface area contributed by atoms with Gasteiger partial charge in [0, 0.05) is 11.1 Å². The summed E-state index contributed by atoms with van der Waals surface area (Å²) >= 11 is 0. The third kappa shape index (κ3) is 4.25. The van der Waals surface area contributed by atoms with Crippen molar-refractivity contribution in [3.05, 3.63) is 70.5 Å². The zero-order chi connectivity index (χ0) is 23.7. The van der Waals surface area contributed by atoms with Crippen LogP contribution in [0.5, 0.6) is 5.75 Å². The number of fused-ring (bicyclic) bond motifs is 2. The molecule has 8 heteroatoms. The fourth-order valence-corrected chi connectivity index (χ4v) is 4.36. The molecule has 0 saturated carbocycles. The highest BCUT2D eigenvalue weighted by molar-refractivity contribution is 6.16. The number of halogens is 3. The van der Waals surface area contributed by atoms with Crippen LogP contribution in [-0.2, 0) is 24.2 Å². The number of alkyl halides is 2. The second kappa shape index (κ2) is 9.13. The Balaban J connectivity index is 1.86. The molecule has 0 unspecified atom stereocenters. The Morgan fingerprint density at radius 2 is 1.91 bits per heavy atom. The summed E-state index contributed by atoms with van der Waals surface area (Å²) in [7, 11) is 0. The summed E-state index contributed by atoms with van der Waals surface area (Å²) < 4.78 is 46.0. The first kappa shape index (κ1) is 22.6. The number of aliphatic carboxylic acids is 1. The van der Waals surface area contributed by atoms with Crippen LogP contribution in [0.1, 0.15) is 46.8 Å². The van der Waals surface area contributed by atoms with Crippen molar-refractivity contribution in [2.75, 3.05) is 4.90 Å². The molecule has 0 saturated heterocycles. The van der Waals surface area contributed by atoms with E-state index in [1.807, 2.05) is 13.0 Å². The number of carbonyl (C=O) groups excluding carboxylic acids is 1. The monoisotopic (exact) mass is 457 g/mol. The van der Waals surface area contributed by atoms with Crippen molar-refractivity contribution in [2.24, 2.45) is 0 Å². The van der Waals surface area contributed by atoms with E-state index >= 15 is 0 Å². The lowest BCUT2D eigenvalue weighted by molar-refractivity contribution is -0.136. The van der Waals surface area contributed by atoms with E-state index in [2.05, 4.69) is 0 Å². The van der Waals surface area contributed by atoms with Gasteiger partial charge in [0.15, 0.2) is 0 Å². The smallest absolute Gasteiger partial charge is 0.387 e. The largest absolute Gasteiger partial charge is 0.481 e. The molecular formula is C25H22F3NO4. The Kier molecular flexibility index (Phi) is 6.26. The maximum absolute atomic E-state index is 14.5. The molecule has 0 aliphatic carbocycles. The van der Waals surface area contributed by atoms with E-state index < -0.39 is 30.7 Å². The van der Waals surface area contributed by atoms with Gasteiger partial charge in [-0.25, -0.2) is 4.39 Å². The third-order valence-electron chi connectivity index (χ3n) is 5.84. The molecule has 0 aromatic heterocycles. The number of amides is 1. The lowest BCUT2D eigenvalue weighted by Gasteiger charge is -2.17. The lowest BCUT2D eigenvalue weighted by atomic mass is 9.91. The quantitative estimate of drug-likeness (QED) is 0.471. The number of ether oxygens (including phenoxy) is 1. The predicted molar refractivity (Wildman–Crippen MR) is 117 cm³/mol. The van der Waals surface area contributed by atoms with E-state index in [4.69, 9.17) is 9.84 Å². The Hall–Kier alpha value is -3.55. The van der Waals surface area contributed by atoms with Crippen LogP contribution in [0.2, 0.25) is 0 Å². The van der Waals surface area contributed by atoms with Gasteiger partial charge in [-0.1, -0.05) is 43.7 Å². The molecule has 172 valence electrons. The van der Waals surface area contributed by atoms with E-state index in [0.717, 1.165) is 29.9 Å². The Labute approximate surface area is 188 Å². The molecule has 0 radical (unpaired) electrons. The van der Waals surface area contributed by atoms with E-state index in [0.29, 0.717) is 17.4 Å². The molecule has 0 spiro atoms. The molecule has 4 rings (SSSR count). The minimum atomic E-state index is -3.12. The van der Waals surface area contributed by atoms with Gasteiger partial charge in [0.05, 0.1) is 18.5 Å². The first-order valence-corrected chi connectivity index (χ1v) is 10.6. The molecule has 1 heterocycles. The average molecular weight is 457 g/mol. The standard InChI is InChI=1S/C25H22F3NO4/c1-2-3-6-17-16-7-4-5-8-18(16)23(33-25(27)28)22-19(17)13-29(24(22)32)15-10-9-14(11-21(30)31)20(26)12-15/h4-5,7-10,12,25H,2-3,6,11,13H2,1H3,(H,30,31). The first-order chi connectivity index (χ1) is 15.8. The molecule has 1 aliphatic heterocycles. The summed E-state index contributed by atoms with van der Waals surface area (Å²) in [5.41, 5.74) is 1.76. The van der Waals surface area contributed by atoms with Crippen molar-refractivity contribution in [1.82, 2.24) is 0 Å². The van der Waals surface area contributed by atoms with E-state index in [1.165, 1.54) is 17.0 Å². The zero-order valence-corrected chi connectivity index (χ0v) is 17.9. The summed E-state index contributed by atoms with van der Waals surface area (Å²) in [5, 5.41) is 10.1. The fraction of sp³-hybridized carbons (Fsp3) is 0.280. The highest BCUT2D eigenvalue weighted by Crippen LogP contribution is 2.43. The number of carboxylic acid groups (broad SMARTS) is 1. The first-order valence-electron chi connectivity index (χ1n) is 10.6. The van der Waals surface area contributed by atoms with Crippen LogP contribution in [0.4, 0.5) is 18.9 Å². The van der Waals surface area contributed by atoms with Crippen LogP contribution in [-0.4, -0.2) is 23.6 Å². The molecule has 3 aromatic rings. The number of hydrogen-bond acceptors (Lipinski definition) is 3. The topological polar surface area (TPSA) is 66.8 Å². The Bertz CT molecular complexity index is 1240. The van der Waals surface area contributed by atoms with Crippen LogP contribution in [0.25, 0.3) is 10.8 Å². The zero-order valence-electron chi connectivity index (χ0n) is 17.9. The highest BCUT2D eigenvalue weighted by atomic mass is 19.3. The number of rotatable bonds is 8. The summed E-state index contributed by atoms with van der Waals surface area (Å²) in [5.74, 6) is -2.66. The van der Waals surface area contributed by atoms with Gasteiger partial charge in [-0.2, -0.15) is 8.78 Å². The summed E-state index contributed by atoms with van der Waals surface area (Å²) in [6, 6.07) is 10.9. The molecule has 1 N–H and O–H groups in total. The van der Waals surface area contributed by atoms with Crippen LogP contribution < -0.4 is 9.64 Å². The summed E-state index contributed by atoms with van der Waals surface area (Å²) in [6.45, 7) is -1.00.